The van der Waals surface area contributed by atoms with Gasteiger partial charge in [-0.15, -0.1) is 0 Å². The van der Waals surface area contributed by atoms with Gasteiger partial charge in [-0.25, -0.2) is 0 Å². The summed E-state index contributed by atoms with van der Waals surface area (Å²) in [5.41, 5.74) is 0.530. The third kappa shape index (κ3) is 5.46. The van der Waals surface area contributed by atoms with Crippen LogP contribution in [0.5, 0.6) is 5.75 Å². The van der Waals surface area contributed by atoms with Gasteiger partial charge in [0.15, 0.2) is 0 Å². The molecule has 0 bridgehead atoms. The molecule has 3 nitrogen and oxygen atoms in total. The maximum Gasteiger partial charge on any atom is 0.389 e. The van der Waals surface area contributed by atoms with Crippen molar-refractivity contribution in [3.8, 4) is 5.75 Å². The van der Waals surface area contributed by atoms with Crippen LogP contribution in [0.4, 0.5) is 13.2 Å². The summed E-state index contributed by atoms with van der Waals surface area (Å²) in [4.78, 5) is 4.15. The number of nitrogens with one attached hydrogen (secondary N) is 1. The van der Waals surface area contributed by atoms with Gasteiger partial charge in [-0.05, 0) is 31.5 Å². The van der Waals surface area contributed by atoms with Crippen LogP contribution in [0.3, 0.4) is 0 Å². The molecule has 1 aromatic rings. The van der Waals surface area contributed by atoms with Crippen LogP contribution in [0.15, 0.2) is 18.3 Å². The largest absolute Gasteiger partial charge is 0.495 e. The number of rotatable bonds is 7. The van der Waals surface area contributed by atoms with E-state index >= 15 is 0 Å². The third-order valence-electron chi connectivity index (χ3n) is 2.71. The Morgan fingerprint density at radius 2 is 2.16 bits per heavy atom. The van der Waals surface area contributed by atoms with E-state index < -0.39 is 18.6 Å². The Morgan fingerprint density at radius 1 is 1.42 bits per heavy atom. The average molecular weight is 276 g/mol. The van der Waals surface area contributed by atoms with Gasteiger partial charge >= 0.3 is 6.18 Å². The van der Waals surface area contributed by atoms with Gasteiger partial charge in [0.1, 0.15) is 5.75 Å². The number of pyridine rings is 1. The second kappa shape index (κ2) is 7.33. The van der Waals surface area contributed by atoms with Gasteiger partial charge in [0.05, 0.1) is 18.8 Å². The van der Waals surface area contributed by atoms with E-state index in [-0.39, 0.29) is 6.42 Å². The maximum absolute atomic E-state index is 12.4. The molecule has 1 N–H and O–H groups in total. The Labute approximate surface area is 111 Å². The van der Waals surface area contributed by atoms with E-state index in [0.29, 0.717) is 18.0 Å². The van der Waals surface area contributed by atoms with Gasteiger partial charge in [0, 0.05) is 12.6 Å². The van der Waals surface area contributed by atoms with Crippen LogP contribution >= 0.6 is 0 Å². The molecule has 0 spiro atoms. The highest BCUT2D eigenvalue weighted by Gasteiger charge is 2.29. The number of alkyl halides is 3. The monoisotopic (exact) mass is 276 g/mol. The summed E-state index contributed by atoms with van der Waals surface area (Å²) in [6, 6.07) is 2.96. The zero-order valence-corrected chi connectivity index (χ0v) is 11.1. The van der Waals surface area contributed by atoms with Gasteiger partial charge in [0.25, 0.3) is 0 Å². The molecule has 108 valence electrons. The number of nitrogens with zero attached hydrogens (tertiary/aromatic N) is 1. The van der Waals surface area contributed by atoms with E-state index in [9.17, 15) is 13.2 Å². The molecule has 0 saturated carbocycles. The normalized spacial score (nSPS) is 13.3. The maximum atomic E-state index is 12.4. The Morgan fingerprint density at radius 3 is 2.74 bits per heavy atom. The first kappa shape index (κ1) is 15.8. The number of aromatic nitrogens is 1. The van der Waals surface area contributed by atoms with Crippen LogP contribution < -0.4 is 10.1 Å². The minimum Gasteiger partial charge on any atom is -0.495 e. The summed E-state index contributed by atoms with van der Waals surface area (Å²) < 4.78 is 42.2. The van der Waals surface area contributed by atoms with Gasteiger partial charge in [-0.1, -0.05) is 6.92 Å². The van der Waals surface area contributed by atoms with E-state index in [2.05, 4.69) is 10.3 Å². The summed E-state index contributed by atoms with van der Waals surface area (Å²) in [6.45, 7) is 2.60. The highest BCUT2D eigenvalue weighted by atomic mass is 19.4. The fourth-order valence-electron chi connectivity index (χ4n) is 1.80. The zero-order chi connectivity index (χ0) is 14.3. The lowest BCUT2D eigenvalue weighted by atomic mass is 10.1. The quantitative estimate of drug-likeness (QED) is 0.828. The Hall–Kier alpha value is -1.30. The number of hydrogen-bond donors (Lipinski definition) is 1. The number of hydrogen-bond acceptors (Lipinski definition) is 3. The molecule has 0 aromatic carbocycles. The van der Waals surface area contributed by atoms with Gasteiger partial charge in [-0.3, -0.25) is 4.98 Å². The predicted octanol–water partition coefficient (Wildman–Crippen LogP) is 3.47. The lowest BCUT2D eigenvalue weighted by Crippen LogP contribution is -2.25. The van der Waals surface area contributed by atoms with Crippen molar-refractivity contribution >= 4 is 0 Å². The summed E-state index contributed by atoms with van der Waals surface area (Å²) in [5, 5.41) is 3.09. The molecule has 0 amide bonds. The van der Waals surface area contributed by atoms with Crippen LogP contribution in [0, 0.1) is 0 Å². The van der Waals surface area contributed by atoms with Crippen LogP contribution in [0.2, 0.25) is 0 Å². The number of methoxy groups -OCH3 is 1. The van der Waals surface area contributed by atoms with Gasteiger partial charge < -0.3 is 10.1 Å². The first-order chi connectivity index (χ1) is 8.98. The molecule has 1 aromatic heterocycles. The molecule has 0 aliphatic rings. The first-order valence-electron chi connectivity index (χ1n) is 6.27. The van der Waals surface area contributed by atoms with Crippen molar-refractivity contribution in [1.82, 2.24) is 10.3 Å². The predicted molar refractivity (Wildman–Crippen MR) is 67.1 cm³/mol. The first-order valence-corrected chi connectivity index (χ1v) is 6.27. The topological polar surface area (TPSA) is 34.2 Å². The summed E-state index contributed by atoms with van der Waals surface area (Å²) in [7, 11) is 1.49. The van der Waals surface area contributed by atoms with Crippen molar-refractivity contribution in [2.24, 2.45) is 0 Å². The van der Waals surface area contributed by atoms with E-state index in [1.54, 1.807) is 18.3 Å². The second-order valence-corrected chi connectivity index (χ2v) is 4.25. The number of ether oxygens (including phenoxy) is 1. The average Bonchev–Trinajstić information content (AvgIpc) is 2.38. The Kier molecular flexibility index (Phi) is 6.08. The van der Waals surface area contributed by atoms with Crippen molar-refractivity contribution < 1.29 is 17.9 Å². The van der Waals surface area contributed by atoms with Crippen LogP contribution in [0.1, 0.15) is 37.9 Å². The minimum absolute atomic E-state index is 0.0448. The van der Waals surface area contributed by atoms with Crippen molar-refractivity contribution in [3.63, 3.8) is 0 Å². The van der Waals surface area contributed by atoms with Crippen molar-refractivity contribution in [2.45, 2.75) is 38.4 Å². The van der Waals surface area contributed by atoms with E-state index in [4.69, 9.17) is 4.74 Å². The lowest BCUT2D eigenvalue weighted by molar-refractivity contribution is -0.136. The molecule has 0 aliphatic heterocycles. The highest BCUT2D eigenvalue weighted by Crippen LogP contribution is 2.30. The van der Waals surface area contributed by atoms with Crippen LogP contribution in [-0.2, 0) is 0 Å². The molecule has 1 atom stereocenters. The standard InChI is InChI=1S/C13H19F3N2O/c1-3-8-17-10(6-7-13(14,15)16)12-11(19-2)5-4-9-18-12/h4-5,9-10,17H,3,6-8H2,1-2H3. The molecule has 1 unspecified atom stereocenters. The van der Waals surface area contributed by atoms with E-state index in [0.717, 1.165) is 6.42 Å². The molecular formula is C13H19F3N2O. The smallest absolute Gasteiger partial charge is 0.389 e. The SMILES string of the molecule is CCCNC(CCC(F)(F)F)c1ncccc1OC. The van der Waals surface area contributed by atoms with Crippen molar-refractivity contribution in [2.75, 3.05) is 13.7 Å². The van der Waals surface area contributed by atoms with Gasteiger partial charge in [0.2, 0.25) is 0 Å². The minimum atomic E-state index is -4.16. The van der Waals surface area contributed by atoms with Crippen LogP contribution in [0.25, 0.3) is 0 Å². The van der Waals surface area contributed by atoms with Crippen molar-refractivity contribution in [3.05, 3.63) is 24.0 Å². The molecule has 0 fully saturated rings. The van der Waals surface area contributed by atoms with E-state index in [1.807, 2.05) is 6.92 Å². The molecular weight excluding hydrogens is 257 g/mol. The van der Waals surface area contributed by atoms with Crippen molar-refractivity contribution in [1.29, 1.82) is 0 Å². The lowest BCUT2D eigenvalue weighted by Gasteiger charge is -2.20. The van der Waals surface area contributed by atoms with Crippen LogP contribution in [-0.4, -0.2) is 24.8 Å². The second-order valence-electron chi connectivity index (χ2n) is 4.25. The highest BCUT2D eigenvalue weighted by molar-refractivity contribution is 5.29. The van der Waals surface area contributed by atoms with E-state index in [1.165, 1.54) is 7.11 Å². The summed E-state index contributed by atoms with van der Waals surface area (Å²) in [6.07, 6.45) is -2.64. The molecule has 0 radical (unpaired) electrons. The summed E-state index contributed by atoms with van der Waals surface area (Å²) >= 11 is 0. The molecule has 1 rings (SSSR count). The van der Waals surface area contributed by atoms with Gasteiger partial charge in [-0.2, -0.15) is 13.2 Å². The molecule has 6 heteroatoms. The third-order valence-corrected chi connectivity index (χ3v) is 2.71. The fourth-order valence-corrected chi connectivity index (χ4v) is 1.80. The Balaban J connectivity index is 2.82. The summed E-state index contributed by atoms with van der Waals surface area (Å²) in [5.74, 6) is 0.512. The molecule has 0 saturated heterocycles. The molecule has 0 aliphatic carbocycles. The zero-order valence-electron chi connectivity index (χ0n) is 11.1. The molecule has 19 heavy (non-hydrogen) atoms. The fraction of sp³-hybridized carbons (Fsp3) is 0.615. The Bertz CT molecular complexity index is 382. The number of halogens is 3. The molecule has 1 heterocycles.